The van der Waals surface area contributed by atoms with Gasteiger partial charge in [-0.1, -0.05) is 48.5 Å². The van der Waals surface area contributed by atoms with E-state index < -0.39 is 6.10 Å². The maximum absolute atomic E-state index is 10.2. The molecule has 0 fully saturated rings. The van der Waals surface area contributed by atoms with E-state index in [-0.39, 0.29) is 0 Å². The topological polar surface area (TPSA) is 33.1 Å². The fraction of sp³-hybridized carbons (Fsp3) is 0.167. The third-order valence-corrected chi connectivity index (χ3v) is 3.56. The summed E-state index contributed by atoms with van der Waals surface area (Å²) < 4.78 is 0. The summed E-state index contributed by atoms with van der Waals surface area (Å²) >= 11 is 0. The van der Waals surface area contributed by atoms with E-state index in [0.717, 1.165) is 29.3 Å². The summed E-state index contributed by atoms with van der Waals surface area (Å²) in [7, 11) is 0. The molecule has 0 aliphatic rings. The van der Waals surface area contributed by atoms with Crippen LogP contribution < -0.4 is 0 Å². The van der Waals surface area contributed by atoms with Crippen LogP contribution in [-0.4, -0.2) is 10.1 Å². The molecule has 2 heteroatoms. The van der Waals surface area contributed by atoms with Crippen LogP contribution in [0, 0.1) is 0 Å². The van der Waals surface area contributed by atoms with E-state index in [4.69, 9.17) is 0 Å². The SMILES string of the molecule is OC(CCc1ccc2cccnc2c1)c1ccccc1. The summed E-state index contributed by atoms with van der Waals surface area (Å²) in [5.41, 5.74) is 3.21. The molecule has 0 amide bonds. The first kappa shape index (κ1) is 12.8. The normalized spacial score (nSPS) is 12.4. The Morgan fingerprint density at radius 1 is 0.950 bits per heavy atom. The van der Waals surface area contributed by atoms with Gasteiger partial charge in [-0.25, -0.2) is 0 Å². The van der Waals surface area contributed by atoms with Crippen molar-refractivity contribution in [1.82, 2.24) is 4.98 Å². The number of hydrogen-bond acceptors (Lipinski definition) is 2. The maximum atomic E-state index is 10.2. The first-order valence-electron chi connectivity index (χ1n) is 6.89. The molecule has 0 radical (unpaired) electrons. The Balaban J connectivity index is 1.70. The number of benzene rings is 2. The van der Waals surface area contributed by atoms with E-state index in [9.17, 15) is 5.11 Å². The van der Waals surface area contributed by atoms with Crippen molar-refractivity contribution in [3.8, 4) is 0 Å². The van der Waals surface area contributed by atoms with E-state index >= 15 is 0 Å². The lowest BCUT2D eigenvalue weighted by atomic mass is 10.0. The minimum absolute atomic E-state index is 0.407. The van der Waals surface area contributed by atoms with Gasteiger partial charge in [0.2, 0.25) is 0 Å². The molecule has 2 nitrogen and oxygen atoms in total. The summed E-state index contributed by atoms with van der Waals surface area (Å²) in [6, 6.07) is 20.1. The fourth-order valence-corrected chi connectivity index (χ4v) is 2.41. The zero-order valence-electron chi connectivity index (χ0n) is 11.2. The third-order valence-electron chi connectivity index (χ3n) is 3.56. The molecule has 0 aliphatic heterocycles. The van der Waals surface area contributed by atoms with Crippen LogP contribution >= 0.6 is 0 Å². The molecule has 20 heavy (non-hydrogen) atoms. The highest BCUT2D eigenvalue weighted by Crippen LogP contribution is 2.20. The molecule has 3 rings (SSSR count). The molecule has 0 spiro atoms. The van der Waals surface area contributed by atoms with Crippen LogP contribution in [0.4, 0.5) is 0 Å². The van der Waals surface area contributed by atoms with Gasteiger partial charge in [-0.15, -0.1) is 0 Å². The van der Waals surface area contributed by atoms with Crippen molar-refractivity contribution in [2.75, 3.05) is 0 Å². The van der Waals surface area contributed by atoms with Crippen LogP contribution in [-0.2, 0) is 6.42 Å². The van der Waals surface area contributed by atoms with Gasteiger partial charge in [0.05, 0.1) is 11.6 Å². The smallest absolute Gasteiger partial charge is 0.0793 e. The first-order valence-corrected chi connectivity index (χ1v) is 6.89. The highest BCUT2D eigenvalue weighted by Gasteiger charge is 2.07. The number of fused-ring (bicyclic) bond motifs is 1. The standard InChI is InChI=1S/C18H17NO/c20-18(16-5-2-1-3-6-16)11-9-14-8-10-15-7-4-12-19-17(15)13-14/h1-8,10,12-13,18,20H,9,11H2. The second-order valence-electron chi connectivity index (χ2n) is 5.00. The Morgan fingerprint density at radius 2 is 1.80 bits per heavy atom. The highest BCUT2D eigenvalue weighted by molar-refractivity contribution is 5.78. The molecule has 3 aromatic rings. The molecule has 0 saturated heterocycles. The summed E-state index contributed by atoms with van der Waals surface area (Å²) in [5, 5.41) is 11.3. The number of aromatic nitrogens is 1. The van der Waals surface area contributed by atoms with Gasteiger partial charge >= 0.3 is 0 Å². The number of aryl methyl sites for hydroxylation is 1. The molecule has 2 aromatic carbocycles. The van der Waals surface area contributed by atoms with Crippen LogP contribution in [0.15, 0.2) is 66.9 Å². The minimum Gasteiger partial charge on any atom is -0.388 e. The average molecular weight is 263 g/mol. The van der Waals surface area contributed by atoms with Crippen LogP contribution in [0.2, 0.25) is 0 Å². The Labute approximate surface area is 118 Å². The van der Waals surface area contributed by atoms with Crippen molar-refractivity contribution in [3.05, 3.63) is 78.0 Å². The van der Waals surface area contributed by atoms with Gasteiger partial charge in [0.25, 0.3) is 0 Å². The number of hydrogen-bond donors (Lipinski definition) is 1. The molecular weight excluding hydrogens is 246 g/mol. The van der Waals surface area contributed by atoms with Gasteiger partial charge in [-0.05, 0) is 36.1 Å². The predicted octanol–water partition coefficient (Wildman–Crippen LogP) is 3.90. The van der Waals surface area contributed by atoms with E-state index in [2.05, 4.69) is 29.2 Å². The monoisotopic (exact) mass is 263 g/mol. The fourth-order valence-electron chi connectivity index (χ4n) is 2.41. The molecule has 1 aromatic heterocycles. The van der Waals surface area contributed by atoms with Crippen molar-refractivity contribution >= 4 is 10.9 Å². The van der Waals surface area contributed by atoms with Crippen molar-refractivity contribution in [1.29, 1.82) is 0 Å². The molecule has 1 atom stereocenters. The van der Waals surface area contributed by atoms with Crippen molar-refractivity contribution in [2.45, 2.75) is 18.9 Å². The van der Waals surface area contributed by atoms with Gasteiger partial charge in [0.15, 0.2) is 0 Å². The first-order chi connectivity index (χ1) is 9.83. The Bertz CT molecular complexity index is 694. The molecule has 0 aliphatic carbocycles. The van der Waals surface area contributed by atoms with Crippen molar-refractivity contribution < 1.29 is 5.11 Å². The third kappa shape index (κ3) is 2.86. The zero-order valence-corrected chi connectivity index (χ0v) is 11.2. The lowest BCUT2D eigenvalue weighted by molar-refractivity contribution is 0.168. The van der Waals surface area contributed by atoms with Crippen molar-refractivity contribution in [2.24, 2.45) is 0 Å². The highest BCUT2D eigenvalue weighted by atomic mass is 16.3. The number of pyridine rings is 1. The molecule has 1 heterocycles. The molecule has 0 saturated carbocycles. The second kappa shape index (κ2) is 5.85. The molecule has 1 N–H and O–H groups in total. The second-order valence-corrected chi connectivity index (χ2v) is 5.00. The number of rotatable bonds is 4. The molecule has 100 valence electrons. The predicted molar refractivity (Wildman–Crippen MR) is 81.5 cm³/mol. The van der Waals surface area contributed by atoms with Gasteiger partial charge < -0.3 is 5.11 Å². The average Bonchev–Trinajstić information content (AvgIpc) is 2.53. The van der Waals surface area contributed by atoms with Crippen LogP contribution in [0.25, 0.3) is 10.9 Å². The van der Waals surface area contributed by atoms with Crippen molar-refractivity contribution in [3.63, 3.8) is 0 Å². The number of nitrogens with zero attached hydrogens (tertiary/aromatic N) is 1. The minimum atomic E-state index is -0.407. The summed E-state index contributed by atoms with van der Waals surface area (Å²) in [4.78, 5) is 4.36. The van der Waals surface area contributed by atoms with Crippen LogP contribution in [0.1, 0.15) is 23.7 Å². The van der Waals surface area contributed by atoms with Crippen LogP contribution in [0.5, 0.6) is 0 Å². The Hall–Kier alpha value is -2.19. The summed E-state index contributed by atoms with van der Waals surface area (Å²) in [6.45, 7) is 0. The van der Waals surface area contributed by atoms with Crippen LogP contribution in [0.3, 0.4) is 0 Å². The summed E-state index contributed by atoms with van der Waals surface area (Å²) in [6.07, 6.45) is 2.98. The van der Waals surface area contributed by atoms with E-state index in [1.165, 1.54) is 5.56 Å². The van der Waals surface area contributed by atoms with E-state index in [0.29, 0.717) is 0 Å². The van der Waals surface area contributed by atoms with Gasteiger partial charge in [-0.2, -0.15) is 0 Å². The molecule has 1 unspecified atom stereocenters. The zero-order chi connectivity index (χ0) is 13.8. The van der Waals surface area contributed by atoms with E-state index in [1.54, 1.807) is 0 Å². The summed E-state index contributed by atoms with van der Waals surface area (Å²) in [5.74, 6) is 0. The van der Waals surface area contributed by atoms with Gasteiger partial charge in [-0.3, -0.25) is 4.98 Å². The lowest BCUT2D eigenvalue weighted by Crippen LogP contribution is -1.99. The maximum Gasteiger partial charge on any atom is 0.0793 e. The lowest BCUT2D eigenvalue weighted by Gasteiger charge is -2.11. The number of aliphatic hydroxyl groups is 1. The molecular formula is C18H17NO. The molecule has 0 bridgehead atoms. The number of aliphatic hydroxyl groups excluding tert-OH is 1. The Morgan fingerprint density at radius 3 is 2.65 bits per heavy atom. The van der Waals surface area contributed by atoms with Gasteiger partial charge in [0.1, 0.15) is 0 Å². The quantitative estimate of drug-likeness (QED) is 0.774. The largest absolute Gasteiger partial charge is 0.388 e. The Kier molecular flexibility index (Phi) is 3.75. The van der Waals surface area contributed by atoms with Gasteiger partial charge in [0, 0.05) is 11.6 Å². The van der Waals surface area contributed by atoms with E-state index in [1.807, 2.05) is 42.6 Å².